The van der Waals surface area contributed by atoms with E-state index >= 15 is 0 Å². The van der Waals surface area contributed by atoms with Gasteiger partial charge in [-0.3, -0.25) is 5.32 Å². The van der Waals surface area contributed by atoms with Crippen molar-refractivity contribution >= 4 is 39.5 Å². The van der Waals surface area contributed by atoms with E-state index in [4.69, 9.17) is 10.4 Å². The number of aromatic nitrogens is 1. The number of nitrogens with zero attached hydrogens (tertiary/aromatic N) is 2. The Bertz CT molecular complexity index is 699. The highest BCUT2D eigenvalue weighted by Crippen LogP contribution is 2.27. The lowest BCUT2D eigenvalue weighted by atomic mass is 10.2. The second-order valence-corrected chi connectivity index (χ2v) is 4.38. The number of aliphatic imine (C=N–C) groups is 1. The van der Waals surface area contributed by atoms with Gasteiger partial charge in [0.2, 0.25) is 0 Å². The number of fused-ring (bicyclic) bond motifs is 1. The van der Waals surface area contributed by atoms with Gasteiger partial charge in [-0.15, -0.1) is 0 Å². The minimum atomic E-state index is -1.02. The molecule has 1 aromatic carbocycles. The Balaban J connectivity index is 2.55. The zero-order valence-electron chi connectivity index (χ0n) is 9.97. The molecule has 0 amide bonds. The molecular weight excluding hydrogens is 264 g/mol. The minimum absolute atomic E-state index is 0.108. The van der Waals surface area contributed by atoms with Crippen LogP contribution in [0.5, 0.6) is 0 Å². The monoisotopic (exact) mass is 274 g/mol. The molecule has 0 aliphatic carbocycles. The summed E-state index contributed by atoms with van der Waals surface area (Å²) in [7, 11) is 0. The van der Waals surface area contributed by atoms with Gasteiger partial charge in [-0.05, 0) is 24.5 Å². The van der Waals surface area contributed by atoms with Gasteiger partial charge in [0.1, 0.15) is 5.69 Å². The van der Waals surface area contributed by atoms with E-state index in [0.29, 0.717) is 21.8 Å². The Morgan fingerprint density at radius 2 is 2.37 bits per heavy atom. The van der Waals surface area contributed by atoms with Crippen molar-refractivity contribution in [2.24, 2.45) is 4.99 Å². The molecule has 6 nitrogen and oxygen atoms in total. The quantitative estimate of drug-likeness (QED) is 0.337. The number of carbonyl (C=O) groups is 1. The van der Waals surface area contributed by atoms with Gasteiger partial charge in [0.15, 0.2) is 11.4 Å². The SMILES string of the molecule is CSC(=Nc1cccc2[nH]c(C(=O)O)cc12)NC#N. The number of H-pyrrole nitrogens is 1. The van der Waals surface area contributed by atoms with Crippen LogP contribution in [0, 0.1) is 11.5 Å². The number of thioether (sulfide) groups is 1. The van der Waals surface area contributed by atoms with E-state index in [1.165, 1.54) is 17.8 Å². The molecule has 0 unspecified atom stereocenters. The van der Waals surface area contributed by atoms with Crippen molar-refractivity contribution in [1.82, 2.24) is 10.3 Å². The molecule has 0 fully saturated rings. The molecule has 0 saturated carbocycles. The zero-order chi connectivity index (χ0) is 13.8. The molecule has 0 aliphatic rings. The van der Waals surface area contributed by atoms with Gasteiger partial charge < -0.3 is 10.1 Å². The van der Waals surface area contributed by atoms with E-state index < -0.39 is 5.97 Å². The van der Waals surface area contributed by atoms with E-state index in [0.717, 1.165) is 0 Å². The van der Waals surface area contributed by atoms with Crippen molar-refractivity contribution in [3.8, 4) is 6.19 Å². The van der Waals surface area contributed by atoms with E-state index in [2.05, 4.69) is 15.3 Å². The Morgan fingerprint density at radius 3 is 3.00 bits per heavy atom. The maximum atomic E-state index is 10.9. The molecule has 0 saturated heterocycles. The van der Waals surface area contributed by atoms with Gasteiger partial charge in [-0.1, -0.05) is 17.8 Å². The van der Waals surface area contributed by atoms with Crippen LogP contribution in [-0.4, -0.2) is 27.5 Å². The Morgan fingerprint density at radius 1 is 1.58 bits per heavy atom. The molecule has 2 aromatic rings. The molecule has 0 aliphatic heterocycles. The second-order valence-electron chi connectivity index (χ2n) is 3.58. The standard InChI is InChI=1S/C12H10N4O2S/c1-19-12(14-6-13)16-9-4-2-3-8-7(9)5-10(15-8)11(17)18/h2-5,15H,1H3,(H,14,16)(H,17,18). The number of amidine groups is 1. The summed E-state index contributed by atoms with van der Waals surface area (Å²) in [6.45, 7) is 0. The number of carboxylic acids is 1. The van der Waals surface area contributed by atoms with Crippen LogP contribution in [0.1, 0.15) is 10.5 Å². The fraction of sp³-hybridized carbons (Fsp3) is 0.0833. The van der Waals surface area contributed by atoms with Crippen molar-refractivity contribution < 1.29 is 9.90 Å². The molecule has 0 atom stereocenters. The molecule has 96 valence electrons. The smallest absolute Gasteiger partial charge is 0.352 e. The van der Waals surface area contributed by atoms with Crippen LogP contribution in [-0.2, 0) is 0 Å². The van der Waals surface area contributed by atoms with Crippen LogP contribution in [0.4, 0.5) is 5.69 Å². The summed E-state index contributed by atoms with van der Waals surface area (Å²) in [5.74, 6) is -1.02. The fourth-order valence-electron chi connectivity index (χ4n) is 1.63. The number of nitrogens with one attached hydrogen (secondary N) is 2. The van der Waals surface area contributed by atoms with Gasteiger partial charge in [-0.25, -0.2) is 9.79 Å². The molecule has 1 aromatic heterocycles. The Hall–Kier alpha value is -2.46. The number of aromatic amines is 1. The lowest BCUT2D eigenvalue weighted by molar-refractivity contribution is 0.0691. The minimum Gasteiger partial charge on any atom is -0.477 e. The fourth-order valence-corrected chi connectivity index (χ4v) is 1.97. The van der Waals surface area contributed by atoms with Crippen molar-refractivity contribution in [2.75, 3.05) is 6.26 Å². The first-order valence-electron chi connectivity index (χ1n) is 5.28. The summed E-state index contributed by atoms with van der Waals surface area (Å²) in [6, 6.07) is 6.84. The third-order valence-electron chi connectivity index (χ3n) is 2.45. The average molecular weight is 274 g/mol. The molecule has 0 spiro atoms. The predicted octanol–water partition coefficient (Wildman–Crippen LogP) is 2.29. The number of hydrogen-bond donors (Lipinski definition) is 3. The highest BCUT2D eigenvalue weighted by atomic mass is 32.2. The highest BCUT2D eigenvalue weighted by molar-refractivity contribution is 8.13. The van der Waals surface area contributed by atoms with Crippen molar-refractivity contribution in [1.29, 1.82) is 5.26 Å². The summed E-state index contributed by atoms with van der Waals surface area (Å²) >= 11 is 1.30. The van der Waals surface area contributed by atoms with Crippen molar-refractivity contribution in [2.45, 2.75) is 0 Å². The van der Waals surface area contributed by atoms with Crippen LogP contribution in [0.15, 0.2) is 29.3 Å². The first-order chi connectivity index (χ1) is 9.15. The average Bonchev–Trinajstić information content (AvgIpc) is 2.83. The number of hydrogen-bond acceptors (Lipinski definition) is 4. The second kappa shape index (κ2) is 5.46. The first-order valence-corrected chi connectivity index (χ1v) is 6.51. The van der Waals surface area contributed by atoms with Gasteiger partial charge in [0.25, 0.3) is 0 Å². The van der Waals surface area contributed by atoms with E-state index in [1.54, 1.807) is 30.6 Å². The summed E-state index contributed by atoms with van der Waals surface area (Å²) < 4.78 is 0. The maximum Gasteiger partial charge on any atom is 0.352 e. The van der Waals surface area contributed by atoms with E-state index in [1.807, 2.05) is 0 Å². The largest absolute Gasteiger partial charge is 0.477 e. The van der Waals surface area contributed by atoms with Gasteiger partial charge in [0.05, 0.1) is 5.69 Å². The molecule has 0 radical (unpaired) electrons. The number of benzene rings is 1. The molecule has 1 heterocycles. The zero-order valence-corrected chi connectivity index (χ0v) is 10.8. The van der Waals surface area contributed by atoms with Crippen LogP contribution >= 0.6 is 11.8 Å². The normalized spacial score (nSPS) is 11.3. The predicted molar refractivity (Wildman–Crippen MR) is 74.6 cm³/mol. The van der Waals surface area contributed by atoms with Gasteiger partial charge >= 0.3 is 5.97 Å². The van der Waals surface area contributed by atoms with Gasteiger partial charge in [0, 0.05) is 10.9 Å². The molecular formula is C12H10N4O2S. The summed E-state index contributed by atoms with van der Waals surface area (Å²) in [4.78, 5) is 18.0. The van der Waals surface area contributed by atoms with Gasteiger partial charge in [-0.2, -0.15) is 5.26 Å². The number of nitriles is 1. The lowest BCUT2D eigenvalue weighted by Gasteiger charge is -2.00. The summed E-state index contributed by atoms with van der Waals surface area (Å²) in [5, 5.41) is 21.2. The van der Waals surface area contributed by atoms with Crippen LogP contribution in [0.2, 0.25) is 0 Å². The molecule has 0 bridgehead atoms. The molecule has 7 heteroatoms. The summed E-state index contributed by atoms with van der Waals surface area (Å²) in [5.41, 5.74) is 1.40. The topological polar surface area (TPSA) is 101 Å². The molecule has 19 heavy (non-hydrogen) atoms. The Labute approximate surface area is 113 Å². The van der Waals surface area contributed by atoms with Crippen molar-refractivity contribution in [3.63, 3.8) is 0 Å². The van der Waals surface area contributed by atoms with Crippen LogP contribution < -0.4 is 5.32 Å². The number of rotatable bonds is 2. The lowest BCUT2D eigenvalue weighted by Crippen LogP contribution is -2.12. The first kappa shape index (κ1) is 13.0. The molecule has 3 N–H and O–H groups in total. The maximum absolute atomic E-state index is 10.9. The van der Waals surface area contributed by atoms with Crippen LogP contribution in [0.25, 0.3) is 10.9 Å². The highest BCUT2D eigenvalue weighted by Gasteiger charge is 2.10. The molecule has 2 rings (SSSR count). The third kappa shape index (κ3) is 2.69. The number of carboxylic acid groups (broad SMARTS) is 1. The summed E-state index contributed by atoms with van der Waals surface area (Å²) in [6.07, 6.45) is 3.60. The van der Waals surface area contributed by atoms with E-state index in [-0.39, 0.29) is 5.69 Å². The van der Waals surface area contributed by atoms with Crippen molar-refractivity contribution in [3.05, 3.63) is 30.0 Å². The van der Waals surface area contributed by atoms with E-state index in [9.17, 15) is 4.79 Å². The Kier molecular flexibility index (Phi) is 3.73. The third-order valence-corrected chi connectivity index (χ3v) is 3.03. The van der Waals surface area contributed by atoms with Crippen LogP contribution in [0.3, 0.4) is 0 Å². The number of aromatic carboxylic acids is 1.